The Kier molecular flexibility index (Phi) is 4.41. The molecule has 0 aromatic rings. The molecule has 1 N–H and O–H groups in total. The molecule has 0 aromatic heterocycles. The Morgan fingerprint density at radius 3 is 2.28 bits per heavy atom. The number of hydrogen-bond donors (Lipinski definition) is 1. The van der Waals surface area contributed by atoms with Crippen molar-refractivity contribution >= 4 is 11.9 Å². The van der Waals surface area contributed by atoms with Crippen molar-refractivity contribution in [2.45, 2.75) is 41.0 Å². The number of aliphatic carboxylic acids is 1. The molecule has 18 heavy (non-hydrogen) atoms. The van der Waals surface area contributed by atoms with Crippen molar-refractivity contribution in [2.24, 2.45) is 23.2 Å². The smallest absolute Gasteiger partial charge is 0.308 e. The molecule has 0 spiro atoms. The van der Waals surface area contributed by atoms with Crippen molar-refractivity contribution < 1.29 is 14.7 Å². The minimum absolute atomic E-state index is 0.0836. The van der Waals surface area contributed by atoms with Gasteiger partial charge in [-0.15, -0.1) is 0 Å². The summed E-state index contributed by atoms with van der Waals surface area (Å²) in [6.45, 7) is 11.1. The Hall–Kier alpha value is -1.06. The lowest BCUT2D eigenvalue weighted by molar-refractivity contribution is -0.149. The normalized spacial score (nSPS) is 26.8. The lowest BCUT2D eigenvalue weighted by atomic mass is 9.80. The highest BCUT2D eigenvalue weighted by Crippen LogP contribution is 2.30. The summed E-state index contributed by atoms with van der Waals surface area (Å²) >= 11 is 0. The molecular formula is C14H25NO3. The minimum Gasteiger partial charge on any atom is -0.481 e. The molecule has 1 fully saturated rings. The van der Waals surface area contributed by atoms with Crippen molar-refractivity contribution in [3.63, 3.8) is 0 Å². The standard InChI is InChI=1S/C14H25NO3/c1-9-6-11(13(17)18)8-15(7-9)12(16)10(2)14(3,4)5/h9-11H,6-8H2,1-5H3,(H,17,18). The number of carboxylic acids is 1. The third kappa shape index (κ3) is 3.47. The van der Waals surface area contributed by atoms with Crippen LogP contribution >= 0.6 is 0 Å². The first-order valence-corrected chi connectivity index (χ1v) is 6.64. The number of nitrogens with zero attached hydrogens (tertiary/aromatic N) is 1. The van der Waals surface area contributed by atoms with E-state index >= 15 is 0 Å². The van der Waals surface area contributed by atoms with Crippen LogP contribution in [0.15, 0.2) is 0 Å². The number of carbonyl (C=O) groups is 2. The number of likely N-dealkylation sites (tertiary alicyclic amines) is 1. The Balaban J connectivity index is 2.76. The van der Waals surface area contributed by atoms with Crippen LogP contribution in [0.4, 0.5) is 0 Å². The van der Waals surface area contributed by atoms with Crippen molar-refractivity contribution in [3.8, 4) is 0 Å². The molecule has 4 heteroatoms. The van der Waals surface area contributed by atoms with Gasteiger partial charge < -0.3 is 10.0 Å². The highest BCUT2D eigenvalue weighted by atomic mass is 16.4. The first kappa shape index (κ1) is 15.0. The van der Waals surface area contributed by atoms with Crippen LogP contribution in [0.1, 0.15) is 41.0 Å². The average molecular weight is 255 g/mol. The number of carbonyl (C=O) groups excluding carboxylic acids is 1. The third-order valence-corrected chi connectivity index (χ3v) is 3.99. The zero-order valence-electron chi connectivity index (χ0n) is 12.1. The summed E-state index contributed by atoms with van der Waals surface area (Å²) in [6.07, 6.45) is 0.670. The molecule has 1 aliphatic heterocycles. The highest BCUT2D eigenvalue weighted by molar-refractivity contribution is 5.80. The lowest BCUT2D eigenvalue weighted by Gasteiger charge is -2.38. The fraction of sp³-hybridized carbons (Fsp3) is 0.857. The molecule has 3 unspecified atom stereocenters. The molecule has 3 atom stereocenters. The molecule has 4 nitrogen and oxygen atoms in total. The predicted molar refractivity (Wildman–Crippen MR) is 70.1 cm³/mol. The van der Waals surface area contributed by atoms with Crippen LogP contribution < -0.4 is 0 Å². The van der Waals surface area contributed by atoms with Gasteiger partial charge in [0.1, 0.15) is 0 Å². The first-order valence-electron chi connectivity index (χ1n) is 6.64. The average Bonchev–Trinajstić information content (AvgIpc) is 2.24. The van der Waals surface area contributed by atoms with Crippen LogP contribution in [-0.4, -0.2) is 35.0 Å². The molecule has 0 radical (unpaired) electrons. The predicted octanol–water partition coefficient (Wildman–Crippen LogP) is 2.24. The SMILES string of the molecule is CC1CC(C(=O)O)CN(C(=O)C(C)C(C)(C)C)C1. The maximum absolute atomic E-state index is 12.4. The Labute approximate surface area is 109 Å². The van der Waals surface area contributed by atoms with E-state index in [1.54, 1.807) is 4.90 Å². The maximum atomic E-state index is 12.4. The fourth-order valence-corrected chi connectivity index (χ4v) is 2.35. The second kappa shape index (κ2) is 5.29. The molecule has 0 aliphatic carbocycles. The van der Waals surface area contributed by atoms with E-state index in [1.807, 2.05) is 34.6 Å². The lowest BCUT2D eigenvalue weighted by Crippen LogP contribution is -2.49. The second-order valence-electron chi connectivity index (χ2n) is 6.71. The van der Waals surface area contributed by atoms with Crippen LogP contribution in [0.3, 0.4) is 0 Å². The zero-order chi connectivity index (χ0) is 14.1. The Bertz CT molecular complexity index is 332. The van der Waals surface area contributed by atoms with Crippen molar-refractivity contribution in [1.82, 2.24) is 4.90 Å². The van der Waals surface area contributed by atoms with E-state index in [0.29, 0.717) is 19.5 Å². The molecule has 1 rings (SSSR count). The van der Waals surface area contributed by atoms with Crippen LogP contribution in [0, 0.1) is 23.2 Å². The molecule has 104 valence electrons. The van der Waals surface area contributed by atoms with Gasteiger partial charge in [-0.3, -0.25) is 9.59 Å². The molecule has 0 aromatic carbocycles. The third-order valence-electron chi connectivity index (χ3n) is 3.99. The van der Waals surface area contributed by atoms with E-state index in [2.05, 4.69) is 0 Å². The molecule has 1 heterocycles. The van der Waals surface area contributed by atoms with Gasteiger partial charge >= 0.3 is 5.97 Å². The molecular weight excluding hydrogens is 230 g/mol. The monoisotopic (exact) mass is 255 g/mol. The molecule has 1 saturated heterocycles. The van der Waals surface area contributed by atoms with E-state index < -0.39 is 11.9 Å². The van der Waals surface area contributed by atoms with Gasteiger partial charge in [-0.25, -0.2) is 0 Å². The molecule has 0 bridgehead atoms. The van der Waals surface area contributed by atoms with Gasteiger partial charge in [-0.1, -0.05) is 34.6 Å². The molecule has 1 amide bonds. The molecule has 1 aliphatic rings. The second-order valence-corrected chi connectivity index (χ2v) is 6.71. The van der Waals surface area contributed by atoms with Crippen LogP contribution in [0.5, 0.6) is 0 Å². The van der Waals surface area contributed by atoms with Crippen LogP contribution in [0.25, 0.3) is 0 Å². The van der Waals surface area contributed by atoms with Gasteiger partial charge in [-0.05, 0) is 17.8 Å². The summed E-state index contributed by atoms with van der Waals surface area (Å²) in [5.41, 5.74) is -0.0868. The summed E-state index contributed by atoms with van der Waals surface area (Å²) in [5, 5.41) is 9.12. The summed E-state index contributed by atoms with van der Waals surface area (Å²) < 4.78 is 0. The van der Waals surface area contributed by atoms with E-state index in [-0.39, 0.29) is 23.2 Å². The minimum atomic E-state index is -0.789. The maximum Gasteiger partial charge on any atom is 0.308 e. The Morgan fingerprint density at radius 1 is 1.28 bits per heavy atom. The highest BCUT2D eigenvalue weighted by Gasteiger charge is 2.36. The van der Waals surface area contributed by atoms with Gasteiger partial charge in [0.2, 0.25) is 5.91 Å². The summed E-state index contributed by atoms with van der Waals surface area (Å²) in [7, 11) is 0. The number of hydrogen-bond acceptors (Lipinski definition) is 2. The van der Waals surface area contributed by atoms with Gasteiger partial charge in [0.25, 0.3) is 0 Å². The number of rotatable bonds is 2. The largest absolute Gasteiger partial charge is 0.481 e. The molecule has 0 saturated carbocycles. The Morgan fingerprint density at radius 2 is 1.83 bits per heavy atom. The first-order chi connectivity index (χ1) is 8.12. The fourth-order valence-electron chi connectivity index (χ4n) is 2.35. The topological polar surface area (TPSA) is 57.6 Å². The van der Waals surface area contributed by atoms with Crippen LogP contribution in [-0.2, 0) is 9.59 Å². The van der Waals surface area contributed by atoms with E-state index in [0.717, 1.165) is 0 Å². The van der Waals surface area contributed by atoms with Crippen molar-refractivity contribution in [3.05, 3.63) is 0 Å². The quantitative estimate of drug-likeness (QED) is 0.823. The zero-order valence-corrected chi connectivity index (χ0v) is 12.1. The number of piperidine rings is 1. The van der Waals surface area contributed by atoms with Gasteiger partial charge in [0, 0.05) is 19.0 Å². The van der Waals surface area contributed by atoms with Crippen molar-refractivity contribution in [2.75, 3.05) is 13.1 Å². The van der Waals surface area contributed by atoms with Gasteiger partial charge in [0.15, 0.2) is 0 Å². The van der Waals surface area contributed by atoms with Gasteiger partial charge in [0.05, 0.1) is 5.92 Å². The summed E-state index contributed by atoms with van der Waals surface area (Å²) in [5.74, 6) is -0.943. The van der Waals surface area contributed by atoms with Gasteiger partial charge in [-0.2, -0.15) is 0 Å². The van der Waals surface area contributed by atoms with Crippen LogP contribution in [0.2, 0.25) is 0 Å². The summed E-state index contributed by atoms with van der Waals surface area (Å²) in [4.78, 5) is 25.2. The van der Waals surface area contributed by atoms with Crippen molar-refractivity contribution in [1.29, 1.82) is 0 Å². The van der Waals surface area contributed by atoms with E-state index in [1.165, 1.54) is 0 Å². The number of amides is 1. The summed E-state index contributed by atoms with van der Waals surface area (Å²) in [6, 6.07) is 0. The number of carboxylic acid groups (broad SMARTS) is 1. The van der Waals surface area contributed by atoms with E-state index in [9.17, 15) is 9.59 Å². The van der Waals surface area contributed by atoms with E-state index in [4.69, 9.17) is 5.11 Å².